The zero-order valence-corrected chi connectivity index (χ0v) is 10.7. The molecule has 2 rings (SSSR count). The monoisotopic (exact) mass is 233 g/mol. The number of aryl methyl sites for hydroxylation is 1. The summed E-state index contributed by atoms with van der Waals surface area (Å²) in [5.41, 5.74) is 2.42. The lowest BCUT2D eigenvalue weighted by molar-refractivity contribution is 0.100. The molecule has 94 valence electrons. The Morgan fingerprint density at radius 1 is 1.24 bits per heavy atom. The van der Waals surface area contributed by atoms with Crippen molar-refractivity contribution < 1.29 is 5.11 Å². The van der Waals surface area contributed by atoms with Gasteiger partial charge in [0.05, 0.1) is 6.10 Å². The first-order valence-corrected chi connectivity index (χ1v) is 6.91. The predicted octanol–water partition coefficient (Wildman–Crippen LogP) is 3.13. The molecular formula is C15H23NO. The van der Waals surface area contributed by atoms with E-state index in [-0.39, 0.29) is 6.10 Å². The Morgan fingerprint density at radius 2 is 2.06 bits per heavy atom. The standard InChI is InChI=1S/C15H23NO/c1-2-12-8-9-14(16-11-12)10-13-6-4-3-5-7-15(13)17/h8-9,11,13,15,17H,2-7,10H2,1H3. The number of hydrogen-bond donors (Lipinski definition) is 1. The molecule has 0 saturated heterocycles. The molecule has 2 atom stereocenters. The molecule has 0 spiro atoms. The van der Waals surface area contributed by atoms with Gasteiger partial charge >= 0.3 is 0 Å². The van der Waals surface area contributed by atoms with Crippen LogP contribution in [0.1, 0.15) is 50.3 Å². The Kier molecular flexibility index (Phi) is 4.55. The van der Waals surface area contributed by atoms with Gasteiger partial charge in [0.15, 0.2) is 0 Å². The molecule has 2 nitrogen and oxygen atoms in total. The van der Waals surface area contributed by atoms with Gasteiger partial charge in [-0.1, -0.05) is 32.3 Å². The molecule has 1 aromatic heterocycles. The van der Waals surface area contributed by atoms with Crippen LogP contribution in [0.15, 0.2) is 18.3 Å². The predicted molar refractivity (Wildman–Crippen MR) is 69.9 cm³/mol. The fourth-order valence-electron chi connectivity index (χ4n) is 2.66. The van der Waals surface area contributed by atoms with Crippen LogP contribution >= 0.6 is 0 Å². The second kappa shape index (κ2) is 6.15. The van der Waals surface area contributed by atoms with Crippen molar-refractivity contribution in [3.8, 4) is 0 Å². The highest BCUT2D eigenvalue weighted by Gasteiger charge is 2.22. The van der Waals surface area contributed by atoms with Crippen LogP contribution in [0, 0.1) is 5.92 Å². The summed E-state index contributed by atoms with van der Waals surface area (Å²) in [6.45, 7) is 2.14. The van der Waals surface area contributed by atoms with Crippen LogP contribution in [0.25, 0.3) is 0 Å². The van der Waals surface area contributed by atoms with Crippen LogP contribution in [0.2, 0.25) is 0 Å². The summed E-state index contributed by atoms with van der Waals surface area (Å²) >= 11 is 0. The lowest BCUT2D eigenvalue weighted by atomic mass is 9.92. The van der Waals surface area contributed by atoms with E-state index in [4.69, 9.17) is 0 Å². The molecule has 1 N–H and O–H groups in total. The molecule has 17 heavy (non-hydrogen) atoms. The molecule has 0 aliphatic heterocycles. The first-order valence-electron chi connectivity index (χ1n) is 6.91. The molecule has 2 unspecified atom stereocenters. The van der Waals surface area contributed by atoms with Crippen molar-refractivity contribution in [2.24, 2.45) is 5.92 Å². The molecule has 0 radical (unpaired) electrons. The fraction of sp³-hybridized carbons (Fsp3) is 0.667. The number of aliphatic hydroxyl groups excluding tert-OH is 1. The van der Waals surface area contributed by atoms with Gasteiger partial charge in [0, 0.05) is 11.9 Å². The third-order valence-corrected chi connectivity index (χ3v) is 3.88. The molecule has 1 heterocycles. The molecule has 0 amide bonds. The molecule has 1 aliphatic rings. The molecule has 1 fully saturated rings. The van der Waals surface area contributed by atoms with E-state index in [1.807, 2.05) is 6.20 Å². The molecule has 0 bridgehead atoms. The van der Waals surface area contributed by atoms with Gasteiger partial charge in [-0.15, -0.1) is 0 Å². The van der Waals surface area contributed by atoms with Gasteiger partial charge in [-0.25, -0.2) is 0 Å². The maximum absolute atomic E-state index is 10.1. The minimum absolute atomic E-state index is 0.120. The SMILES string of the molecule is CCc1ccc(CC2CCCCCC2O)nc1. The summed E-state index contributed by atoms with van der Waals surface area (Å²) in [4.78, 5) is 4.50. The van der Waals surface area contributed by atoms with Gasteiger partial charge in [0.1, 0.15) is 0 Å². The highest BCUT2D eigenvalue weighted by Crippen LogP contribution is 2.26. The van der Waals surface area contributed by atoms with Gasteiger partial charge in [-0.2, -0.15) is 0 Å². The third-order valence-electron chi connectivity index (χ3n) is 3.88. The third kappa shape index (κ3) is 3.53. The van der Waals surface area contributed by atoms with Gasteiger partial charge in [-0.3, -0.25) is 4.98 Å². The van der Waals surface area contributed by atoms with Crippen molar-refractivity contribution in [1.82, 2.24) is 4.98 Å². The summed E-state index contributed by atoms with van der Waals surface area (Å²) in [5, 5.41) is 10.1. The summed E-state index contributed by atoms with van der Waals surface area (Å²) in [6, 6.07) is 4.28. The zero-order chi connectivity index (χ0) is 12.1. The Bertz CT molecular complexity index is 333. The van der Waals surface area contributed by atoms with Crippen LogP contribution in [0.5, 0.6) is 0 Å². The van der Waals surface area contributed by atoms with E-state index in [0.717, 1.165) is 31.4 Å². The number of aliphatic hydroxyl groups is 1. The molecule has 1 aromatic rings. The van der Waals surface area contributed by atoms with Crippen molar-refractivity contribution >= 4 is 0 Å². The first-order chi connectivity index (χ1) is 8.29. The highest BCUT2D eigenvalue weighted by atomic mass is 16.3. The van der Waals surface area contributed by atoms with Crippen LogP contribution in [0.4, 0.5) is 0 Å². The molecule has 0 aromatic carbocycles. The largest absolute Gasteiger partial charge is 0.393 e. The molecule has 1 saturated carbocycles. The van der Waals surface area contributed by atoms with E-state index in [1.165, 1.54) is 24.8 Å². The second-order valence-electron chi connectivity index (χ2n) is 5.18. The van der Waals surface area contributed by atoms with Crippen molar-refractivity contribution in [3.63, 3.8) is 0 Å². The summed E-state index contributed by atoms with van der Waals surface area (Å²) in [6.07, 6.45) is 9.66. The number of nitrogens with zero attached hydrogens (tertiary/aromatic N) is 1. The second-order valence-corrected chi connectivity index (χ2v) is 5.18. The number of pyridine rings is 1. The van der Waals surface area contributed by atoms with Crippen LogP contribution in [-0.2, 0) is 12.8 Å². The summed E-state index contributed by atoms with van der Waals surface area (Å²) < 4.78 is 0. The van der Waals surface area contributed by atoms with Crippen molar-refractivity contribution in [2.75, 3.05) is 0 Å². The van der Waals surface area contributed by atoms with E-state index in [2.05, 4.69) is 24.0 Å². The lowest BCUT2D eigenvalue weighted by Crippen LogP contribution is -2.21. The summed E-state index contributed by atoms with van der Waals surface area (Å²) in [7, 11) is 0. The van der Waals surface area contributed by atoms with E-state index in [1.54, 1.807) is 0 Å². The Morgan fingerprint density at radius 3 is 2.76 bits per heavy atom. The van der Waals surface area contributed by atoms with Gasteiger partial charge in [-0.05, 0) is 43.2 Å². The van der Waals surface area contributed by atoms with E-state index < -0.39 is 0 Å². The average molecular weight is 233 g/mol. The Labute approximate surface area is 104 Å². The molecule has 2 heteroatoms. The smallest absolute Gasteiger partial charge is 0.0572 e. The number of hydrogen-bond acceptors (Lipinski definition) is 2. The first kappa shape index (κ1) is 12.6. The normalized spacial score (nSPS) is 25.5. The maximum atomic E-state index is 10.1. The lowest BCUT2D eigenvalue weighted by Gasteiger charge is -2.19. The topological polar surface area (TPSA) is 33.1 Å². The minimum atomic E-state index is -0.120. The zero-order valence-electron chi connectivity index (χ0n) is 10.7. The Hall–Kier alpha value is -0.890. The fourth-order valence-corrected chi connectivity index (χ4v) is 2.66. The quantitative estimate of drug-likeness (QED) is 0.814. The van der Waals surface area contributed by atoms with Crippen molar-refractivity contribution in [2.45, 2.75) is 58.0 Å². The van der Waals surface area contributed by atoms with Gasteiger partial charge < -0.3 is 5.11 Å². The highest BCUT2D eigenvalue weighted by molar-refractivity contribution is 5.14. The average Bonchev–Trinajstić information content (AvgIpc) is 2.56. The summed E-state index contributed by atoms with van der Waals surface area (Å²) in [5.74, 6) is 0.414. The van der Waals surface area contributed by atoms with E-state index in [0.29, 0.717) is 5.92 Å². The number of rotatable bonds is 3. The van der Waals surface area contributed by atoms with Crippen LogP contribution in [-0.4, -0.2) is 16.2 Å². The van der Waals surface area contributed by atoms with Crippen LogP contribution in [0.3, 0.4) is 0 Å². The van der Waals surface area contributed by atoms with Crippen molar-refractivity contribution in [3.05, 3.63) is 29.6 Å². The maximum Gasteiger partial charge on any atom is 0.0572 e. The Balaban J connectivity index is 1.98. The molecular weight excluding hydrogens is 210 g/mol. The van der Waals surface area contributed by atoms with Gasteiger partial charge in [0.2, 0.25) is 0 Å². The molecule has 1 aliphatic carbocycles. The van der Waals surface area contributed by atoms with E-state index >= 15 is 0 Å². The van der Waals surface area contributed by atoms with Gasteiger partial charge in [0.25, 0.3) is 0 Å². The minimum Gasteiger partial charge on any atom is -0.393 e. The van der Waals surface area contributed by atoms with Crippen LogP contribution < -0.4 is 0 Å². The van der Waals surface area contributed by atoms with E-state index in [9.17, 15) is 5.11 Å². The number of aromatic nitrogens is 1. The van der Waals surface area contributed by atoms with Crippen molar-refractivity contribution in [1.29, 1.82) is 0 Å².